The molecular weight excluding hydrogens is 959 g/mol. The number of carboxylic acids is 1. The van der Waals surface area contributed by atoms with Gasteiger partial charge in [-0.1, -0.05) is 301 Å². The van der Waals surface area contributed by atoms with E-state index in [9.17, 15) is 19.5 Å². The lowest BCUT2D eigenvalue weighted by molar-refractivity contribution is -0.870. The summed E-state index contributed by atoms with van der Waals surface area (Å²) in [5.74, 6) is -2.25. The number of likely N-dealkylation sites (N-methyl/N-ethyl adjacent to an activating group) is 1. The third-order valence-electron chi connectivity index (χ3n) is 15.2. The van der Waals surface area contributed by atoms with Crippen molar-refractivity contribution >= 4 is 17.9 Å². The zero-order chi connectivity index (χ0) is 56.2. The first-order valence-electron chi connectivity index (χ1n) is 33.5. The maximum Gasteiger partial charge on any atom is 0.306 e. The molecule has 0 saturated carbocycles. The van der Waals surface area contributed by atoms with E-state index in [4.69, 9.17) is 18.9 Å². The van der Waals surface area contributed by atoms with Crippen LogP contribution in [0.15, 0.2) is 24.3 Å². The van der Waals surface area contributed by atoms with Crippen LogP contribution in [0.25, 0.3) is 0 Å². The highest BCUT2D eigenvalue weighted by atomic mass is 16.7. The summed E-state index contributed by atoms with van der Waals surface area (Å²) in [6, 6.07) is 0. The van der Waals surface area contributed by atoms with Gasteiger partial charge in [0.15, 0.2) is 12.4 Å². The van der Waals surface area contributed by atoms with E-state index < -0.39 is 24.3 Å². The molecule has 0 aromatic rings. The maximum absolute atomic E-state index is 12.9. The van der Waals surface area contributed by atoms with Crippen molar-refractivity contribution in [1.82, 2.24) is 0 Å². The molecule has 0 aliphatic heterocycles. The van der Waals surface area contributed by atoms with Crippen molar-refractivity contribution in [3.8, 4) is 0 Å². The first-order chi connectivity index (χ1) is 37.6. The van der Waals surface area contributed by atoms with Crippen molar-refractivity contribution in [2.45, 2.75) is 347 Å². The van der Waals surface area contributed by atoms with Crippen LogP contribution in [0.1, 0.15) is 335 Å². The van der Waals surface area contributed by atoms with Crippen LogP contribution >= 0.6 is 0 Å². The Hall–Kier alpha value is -2.23. The Bertz CT molecular complexity index is 1310. The number of hydrogen-bond acceptors (Lipinski definition) is 8. The van der Waals surface area contributed by atoms with Crippen LogP contribution in [0.3, 0.4) is 0 Å². The predicted octanol–water partition coefficient (Wildman–Crippen LogP) is 18.9. The average Bonchev–Trinajstić information content (AvgIpc) is 3.40. The van der Waals surface area contributed by atoms with Gasteiger partial charge in [-0.15, -0.1) is 0 Å². The summed E-state index contributed by atoms with van der Waals surface area (Å²) in [4.78, 5) is 37.4. The Kier molecular flexibility index (Phi) is 58.1. The molecule has 0 fully saturated rings. The molecular formula is C68H129NO8. The monoisotopic (exact) mass is 1090 g/mol. The van der Waals surface area contributed by atoms with Gasteiger partial charge in [-0.25, -0.2) is 0 Å². The van der Waals surface area contributed by atoms with Crippen molar-refractivity contribution in [3.05, 3.63) is 24.3 Å². The fourth-order valence-corrected chi connectivity index (χ4v) is 10.0. The van der Waals surface area contributed by atoms with Crippen molar-refractivity contribution in [2.75, 3.05) is 47.5 Å². The van der Waals surface area contributed by atoms with E-state index in [0.29, 0.717) is 17.4 Å². The van der Waals surface area contributed by atoms with E-state index in [1.165, 1.54) is 263 Å². The summed E-state index contributed by atoms with van der Waals surface area (Å²) in [5, 5.41) is 11.8. The van der Waals surface area contributed by atoms with Gasteiger partial charge in [0, 0.05) is 12.8 Å². The Morgan fingerprint density at radius 2 is 0.701 bits per heavy atom. The largest absolute Gasteiger partial charge is 0.545 e. The number of rotatable bonds is 63. The molecule has 0 rings (SSSR count). The second-order valence-corrected chi connectivity index (χ2v) is 24.1. The van der Waals surface area contributed by atoms with Crippen molar-refractivity contribution < 1.29 is 42.9 Å². The van der Waals surface area contributed by atoms with Gasteiger partial charge in [0.2, 0.25) is 0 Å². The molecule has 9 nitrogen and oxygen atoms in total. The van der Waals surface area contributed by atoms with Crippen LogP contribution < -0.4 is 5.11 Å². The third-order valence-corrected chi connectivity index (χ3v) is 15.2. The molecule has 0 amide bonds. The molecule has 0 aromatic heterocycles. The van der Waals surface area contributed by atoms with Crippen LogP contribution in [0, 0.1) is 0 Å². The number of carbonyl (C=O) groups is 3. The van der Waals surface area contributed by atoms with Crippen LogP contribution in [0.4, 0.5) is 0 Å². The second kappa shape index (κ2) is 59.9. The topological polar surface area (TPSA) is 111 Å². The van der Waals surface area contributed by atoms with Gasteiger partial charge in [-0.05, 0) is 44.9 Å². The highest BCUT2D eigenvalue weighted by Crippen LogP contribution is 2.18. The normalized spacial score (nSPS) is 12.8. The van der Waals surface area contributed by atoms with Crippen molar-refractivity contribution in [1.29, 1.82) is 0 Å². The van der Waals surface area contributed by atoms with Crippen LogP contribution in [-0.2, 0) is 33.3 Å². The number of ether oxygens (including phenoxy) is 4. The second-order valence-electron chi connectivity index (χ2n) is 24.1. The van der Waals surface area contributed by atoms with Gasteiger partial charge >= 0.3 is 11.9 Å². The number of carboxylic acid groups (broad SMARTS) is 1. The summed E-state index contributed by atoms with van der Waals surface area (Å²) in [5.41, 5.74) is 0. The standard InChI is InChI=1S/C68H129NO8/c1-6-8-10-12-14-16-18-20-22-24-26-28-30-32-33-35-37-39-41-43-45-47-49-51-53-55-57-59-66(71)77-64(63-76-68(67(72)73)74-61-60-69(3,4)5)62-75-65(70)58-56-54-52-50-48-46-44-42-40-38-36-34-31-29-27-25-23-21-19-17-15-13-11-9-7-2/h18,20,24,26,64,68H,6-17,19,21-23,25,27-63H2,1-5H3/b20-18-,26-24-. The van der Waals surface area contributed by atoms with Crippen LogP contribution in [-0.4, -0.2) is 82.3 Å². The van der Waals surface area contributed by atoms with Crippen molar-refractivity contribution in [2.24, 2.45) is 0 Å². The molecule has 2 unspecified atom stereocenters. The van der Waals surface area contributed by atoms with Gasteiger partial charge < -0.3 is 33.3 Å². The fourth-order valence-electron chi connectivity index (χ4n) is 10.0. The molecule has 0 spiro atoms. The number of nitrogens with zero attached hydrogens (tertiary/aromatic N) is 1. The molecule has 0 aromatic carbocycles. The Labute approximate surface area is 478 Å². The minimum atomic E-state index is -1.62. The molecule has 454 valence electrons. The van der Waals surface area contributed by atoms with E-state index in [2.05, 4.69) is 38.2 Å². The summed E-state index contributed by atoms with van der Waals surface area (Å²) in [6.45, 7) is 4.81. The quantitative estimate of drug-likeness (QED) is 0.0195. The maximum atomic E-state index is 12.9. The Balaban J connectivity index is 4.11. The first kappa shape index (κ1) is 74.8. The smallest absolute Gasteiger partial charge is 0.306 e. The zero-order valence-electron chi connectivity index (χ0n) is 51.9. The zero-order valence-corrected chi connectivity index (χ0v) is 51.9. The van der Waals surface area contributed by atoms with Gasteiger partial charge in [-0.2, -0.15) is 0 Å². The van der Waals surface area contributed by atoms with Gasteiger partial charge in [0.05, 0.1) is 40.3 Å². The Morgan fingerprint density at radius 1 is 0.390 bits per heavy atom. The molecule has 9 heteroatoms. The van der Waals surface area contributed by atoms with E-state index in [1.807, 2.05) is 21.1 Å². The highest BCUT2D eigenvalue weighted by molar-refractivity contribution is 5.70. The number of allylic oxidation sites excluding steroid dienone is 4. The van der Waals surface area contributed by atoms with Gasteiger partial charge in [-0.3, -0.25) is 9.59 Å². The number of carbonyl (C=O) groups excluding carboxylic acids is 3. The Morgan fingerprint density at radius 3 is 1.03 bits per heavy atom. The number of quaternary nitrogens is 1. The summed E-state index contributed by atoms with van der Waals surface area (Å²) in [6.07, 6.45) is 69.6. The molecule has 2 atom stereocenters. The predicted molar refractivity (Wildman–Crippen MR) is 325 cm³/mol. The number of unbranched alkanes of at least 4 members (excludes halogenated alkanes) is 44. The summed E-state index contributed by atoms with van der Waals surface area (Å²) in [7, 11) is 5.94. The van der Waals surface area contributed by atoms with Crippen LogP contribution in [0.5, 0.6) is 0 Å². The number of esters is 2. The van der Waals surface area contributed by atoms with Gasteiger partial charge in [0.25, 0.3) is 0 Å². The molecule has 0 aliphatic rings. The number of aliphatic carboxylic acids is 1. The highest BCUT2D eigenvalue weighted by Gasteiger charge is 2.22. The third kappa shape index (κ3) is 61.2. The minimum absolute atomic E-state index is 0.151. The molecule has 0 N–H and O–H groups in total. The first-order valence-corrected chi connectivity index (χ1v) is 33.5. The fraction of sp³-hybridized carbons (Fsp3) is 0.897. The minimum Gasteiger partial charge on any atom is -0.545 e. The van der Waals surface area contributed by atoms with E-state index in [1.54, 1.807) is 0 Å². The summed E-state index contributed by atoms with van der Waals surface area (Å²) >= 11 is 0. The molecule has 0 bridgehead atoms. The molecule has 0 aliphatic carbocycles. The average molecular weight is 1090 g/mol. The van der Waals surface area contributed by atoms with Crippen LogP contribution in [0.2, 0.25) is 0 Å². The van der Waals surface area contributed by atoms with Gasteiger partial charge in [0.1, 0.15) is 13.2 Å². The lowest BCUT2D eigenvalue weighted by Crippen LogP contribution is -2.44. The summed E-state index contributed by atoms with van der Waals surface area (Å²) < 4.78 is 22.8. The van der Waals surface area contributed by atoms with E-state index in [-0.39, 0.29) is 32.2 Å². The van der Waals surface area contributed by atoms with Crippen molar-refractivity contribution in [3.63, 3.8) is 0 Å². The molecule has 0 radical (unpaired) electrons. The van der Waals surface area contributed by atoms with E-state index >= 15 is 0 Å². The molecule has 0 saturated heterocycles. The number of hydrogen-bond donors (Lipinski definition) is 0. The SMILES string of the molecule is CCCCCCC/C=C\C/C=C\CCCCCCCCCCCCCCCCCC(=O)OC(COC(=O)CCCCCCCCCCCCCCCCCCCCCCCCCCC)COC(OCC[N+](C)(C)C)C(=O)[O-]. The molecule has 0 heterocycles. The lowest BCUT2D eigenvalue weighted by Gasteiger charge is -2.26. The lowest BCUT2D eigenvalue weighted by atomic mass is 10.0. The van der Waals surface area contributed by atoms with E-state index in [0.717, 1.165) is 44.9 Å². The molecule has 77 heavy (non-hydrogen) atoms.